The van der Waals surface area contributed by atoms with E-state index in [-0.39, 0.29) is 11.8 Å². The van der Waals surface area contributed by atoms with Crippen molar-refractivity contribution in [2.75, 3.05) is 18.5 Å². The molecule has 1 unspecified atom stereocenters. The van der Waals surface area contributed by atoms with E-state index < -0.39 is 0 Å². The molecule has 110 valence electrons. The Labute approximate surface area is 131 Å². The van der Waals surface area contributed by atoms with E-state index >= 15 is 0 Å². The molecule has 4 nitrogen and oxygen atoms in total. The van der Waals surface area contributed by atoms with E-state index in [2.05, 4.69) is 21.2 Å². The molecule has 0 aliphatic carbocycles. The van der Waals surface area contributed by atoms with Gasteiger partial charge in [0.1, 0.15) is 19.0 Å². The van der Waals surface area contributed by atoms with Crippen LogP contribution in [0.4, 0.5) is 5.69 Å². The number of benzene rings is 2. The van der Waals surface area contributed by atoms with Gasteiger partial charge in [-0.1, -0.05) is 12.1 Å². The Kier molecular flexibility index (Phi) is 3.92. The van der Waals surface area contributed by atoms with Gasteiger partial charge in [0, 0.05) is 22.6 Å². The number of aromatic hydroxyl groups is 1. The standard InChI is InChI=1S/C16H16BrNO3/c1-10(11-3-2-4-12(19)7-11)18-14-9-16-15(8-13(14)17)20-5-6-21-16/h2-4,7-10,18-19H,5-6H2,1H3. The third kappa shape index (κ3) is 3.08. The first kappa shape index (κ1) is 14.1. The number of halogens is 1. The highest BCUT2D eigenvalue weighted by Gasteiger charge is 2.16. The molecule has 21 heavy (non-hydrogen) atoms. The molecule has 1 heterocycles. The fourth-order valence-electron chi connectivity index (χ4n) is 2.29. The molecule has 2 N–H and O–H groups in total. The van der Waals surface area contributed by atoms with Crippen LogP contribution in [0.2, 0.25) is 0 Å². The average molecular weight is 350 g/mol. The zero-order chi connectivity index (χ0) is 14.8. The maximum Gasteiger partial charge on any atom is 0.163 e. The molecule has 0 bridgehead atoms. The predicted molar refractivity (Wildman–Crippen MR) is 85.3 cm³/mol. The van der Waals surface area contributed by atoms with E-state index in [9.17, 15) is 5.11 Å². The van der Waals surface area contributed by atoms with Crippen molar-refractivity contribution in [1.82, 2.24) is 0 Å². The van der Waals surface area contributed by atoms with Gasteiger partial charge in [-0.05, 0) is 40.5 Å². The Hall–Kier alpha value is -1.88. The first-order valence-electron chi connectivity index (χ1n) is 6.78. The summed E-state index contributed by atoms with van der Waals surface area (Å²) in [6, 6.07) is 11.1. The molecule has 1 aliphatic heterocycles. The lowest BCUT2D eigenvalue weighted by atomic mass is 10.1. The second-order valence-corrected chi connectivity index (χ2v) is 5.79. The summed E-state index contributed by atoms with van der Waals surface area (Å²) in [6.07, 6.45) is 0. The van der Waals surface area contributed by atoms with E-state index in [0.29, 0.717) is 13.2 Å². The van der Waals surface area contributed by atoms with Gasteiger partial charge in [-0.25, -0.2) is 0 Å². The van der Waals surface area contributed by atoms with Crippen LogP contribution in [0.15, 0.2) is 40.9 Å². The number of ether oxygens (including phenoxy) is 2. The third-order valence-corrected chi connectivity index (χ3v) is 4.03. The van der Waals surface area contributed by atoms with Gasteiger partial charge >= 0.3 is 0 Å². The van der Waals surface area contributed by atoms with E-state index in [1.54, 1.807) is 12.1 Å². The fraction of sp³-hybridized carbons (Fsp3) is 0.250. The largest absolute Gasteiger partial charge is 0.508 e. The Morgan fingerprint density at radius 1 is 1.14 bits per heavy atom. The summed E-state index contributed by atoms with van der Waals surface area (Å²) < 4.78 is 12.1. The molecule has 0 radical (unpaired) electrons. The van der Waals surface area contributed by atoms with E-state index in [0.717, 1.165) is 27.2 Å². The molecule has 2 aromatic rings. The highest BCUT2D eigenvalue weighted by molar-refractivity contribution is 9.10. The van der Waals surface area contributed by atoms with Crippen LogP contribution in [0.5, 0.6) is 17.2 Å². The zero-order valence-electron chi connectivity index (χ0n) is 11.6. The molecule has 0 fully saturated rings. The lowest BCUT2D eigenvalue weighted by molar-refractivity contribution is 0.171. The van der Waals surface area contributed by atoms with Crippen molar-refractivity contribution < 1.29 is 14.6 Å². The number of nitrogens with one attached hydrogen (secondary N) is 1. The van der Waals surface area contributed by atoms with Crippen LogP contribution in [-0.2, 0) is 0 Å². The summed E-state index contributed by atoms with van der Waals surface area (Å²) in [6.45, 7) is 3.18. The lowest BCUT2D eigenvalue weighted by Gasteiger charge is -2.22. The molecule has 2 aromatic carbocycles. The number of hydrogen-bond acceptors (Lipinski definition) is 4. The van der Waals surface area contributed by atoms with Gasteiger partial charge in [0.15, 0.2) is 11.5 Å². The Bertz CT molecular complexity index is 660. The van der Waals surface area contributed by atoms with Gasteiger partial charge in [0.05, 0.1) is 5.69 Å². The van der Waals surface area contributed by atoms with Crippen molar-refractivity contribution >= 4 is 21.6 Å². The lowest BCUT2D eigenvalue weighted by Crippen LogP contribution is -2.16. The Morgan fingerprint density at radius 2 is 1.86 bits per heavy atom. The van der Waals surface area contributed by atoms with Crippen molar-refractivity contribution in [3.05, 3.63) is 46.4 Å². The topological polar surface area (TPSA) is 50.7 Å². The van der Waals surface area contributed by atoms with Gasteiger partial charge in [-0.2, -0.15) is 0 Å². The second kappa shape index (κ2) is 5.85. The second-order valence-electron chi connectivity index (χ2n) is 4.94. The molecule has 0 spiro atoms. The number of fused-ring (bicyclic) bond motifs is 1. The highest BCUT2D eigenvalue weighted by Crippen LogP contribution is 2.39. The molecule has 3 rings (SSSR count). The van der Waals surface area contributed by atoms with Crippen LogP contribution < -0.4 is 14.8 Å². The van der Waals surface area contributed by atoms with Crippen molar-refractivity contribution in [3.8, 4) is 17.2 Å². The number of phenols is 1. The van der Waals surface area contributed by atoms with E-state index in [4.69, 9.17) is 9.47 Å². The van der Waals surface area contributed by atoms with Crippen molar-refractivity contribution in [3.63, 3.8) is 0 Å². The summed E-state index contributed by atoms with van der Waals surface area (Å²) in [7, 11) is 0. The van der Waals surface area contributed by atoms with Crippen LogP contribution in [0.25, 0.3) is 0 Å². The Morgan fingerprint density at radius 3 is 2.57 bits per heavy atom. The summed E-state index contributed by atoms with van der Waals surface area (Å²) in [5.74, 6) is 1.76. The van der Waals surface area contributed by atoms with Gasteiger partial charge in [0.25, 0.3) is 0 Å². The van der Waals surface area contributed by atoms with Crippen LogP contribution in [0, 0.1) is 0 Å². The van der Waals surface area contributed by atoms with Gasteiger partial charge < -0.3 is 19.9 Å². The maximum absolute atomic E-state index is 9.57. The van der Waals surface area contributed by atoms with Gasteiger partial charge in [0.2, 0.25) is 0 Å². The first-order chi connectivity index (χ1) is 10.1. The van der Waals surface area contributed by atoms with E-state index in [1.807, 2.05) is 31.2 Å². The molecule has 1 atom stereocenters. The summed E-state index contributed by atoms with van der Waals surface area (Å²) in [4.78, 5) is 0. The van der Waals surface area contributed by atoms with Crippen LogP contribution in [0.1, 0.15) is 18.5 Å². The van der Waals surface area contributed by atoms with Crippen molar-refractivity contribution in [2.45, 2.75) is 13.0 Å². The predicted octanol–water partition coefficient (Wildman–Crippen LogP) is 4.10. The number of rotatable bonds is 3. The molecule has 0 saturated heterocycles. The number of phenolic OH excluding ortho intramolecular Hbond substituents is 1. The normalized spacial score (nSPS) is 14.6. The molecule has 0 aromatic heterocycles. The highest BCUT2D eigenvalue weighted by atomic mass is 79.9. The summed E-state index contributed by atoms with van der Waals surface area (Å²) in [5, 5.41) is 13.0. The maximum atomic E-state index is 9.57. The minimum atomic E-state index is 0.0518. The number of anilines is 1. The van der Waals surface area contributed by atoms with Crippen molar-refractivity contribution in [1.29, 1.82) is 0 Å². The van der Waals surface area contributed by atoms with Gasteiger partial charge in [-0.3, -0.25) is 0 Å². The summed E-state index contributed by atoms with van der Waals surface area (Å²) >= 11 is 3.54. The molecule has 1 aliphatic rings. The molecular formula is C16H16BrNO3. The molecule has 5 heteroatoms. The zero-order valence-corrected chi connectivity index (χ0v) is 13.2. The average Bonchev–Trinajstić information content (AvgIpc) is 2.48. The third-order valence-electron chi connectivity index (χ3n) is 3.37. The molecule has 0 amide bonds. The van der Waals surface area contributed by atoms with Gasteiger partial charge in [-0.15, -0.1) is 0 Å². The van der Waals surface area contributed by atoms with E-state index in [1.165, 1.54) is 0 Å². The number of hydrogen-bond donors (Lipinski definition) is 2. The van der Waals surface area contributed by atoms with Crippen LogP contribution >= 0.6 is 15.9 Å². The summed E-state index contributed by atoms with van der Waals surface area (Å²) in [5.41, 5.74) is 1.94. The minimum absolute atomic E-state index is 0.0518. The molecular weight excluding hydrogens is 334 g/mol. The smallest absolute Gasteiger partial charge is 0.163 e. The monoisotopic (exact) mass is 349 g/mol. The minimum Gasteiger partial charge on any atom is -0.508 e. The quantitative estimate of drug-likeness (QED) is 0.875. The van der Waals surface area contributed by atoms with Crippen LogP contribution in [0.3, 0.4) is 0 Å². The van der Waals surface area contributed by atoms with Crippen LogP contribution in [-0.4, -0.2) is 18.3 Å². The Balaban J connectivity index is 1.84. The first-order valence-corrected chi connectivity index (χ1v) is 7.57. The SMILES string of the molecule is CC(Nc1cc2c(cc1Br)OCCO2)c1cccc(O)c1. The molecule has 0 saturated carbocycles. The van der Waals surface area contributed by atoms with Crippen molar-refractivity contribution in [2.24, 2.45) is 0 Å². The fourth-order valence-corrected chi connectivity index (χ4v) is 2.72.